The van der Waals surface area contributed by atoms with Gasteiger partial charge >= 0.3 is 10.2 Å². The van der Waals surface area contributed by atoms with Gasteiger partial charge in [0.1, 0.15) is 23.7 Å². The van der Waals surface area contributed by atoms with Gasteiger partial charge in [0.2, 0.25) is 0 Å². The van der Waals surface area contributed by atoms with Crippen LogP contribution in [-0.2, 0) is 15.0 Å². The molecular weight excluding hydrogens is 387 g/mol. The molecule has 0 aromatic heterocycles. The maximum atomic E-state index is 15.1. The van der Waals surface area contributed by atoms with Gasteiger partial charge < -0.3 is 9.84 Å². The van der Waals surface area contributed by atoms with Crippen molar-refractivity contribution in [3.8, 4) is 11.5 Å². The minimum atomic E-state index is -4.23. The van der Waals surface area contributed by atoms with Crippen molar-refractivity contribution in [1.29, 1.82) is 0 Å². The van der Waals surface area contributed by atoms with E-state index in [4.69, 9.17) is 4.74 Å². The first-order valence-electron chi connectivity index (χ1n) is 9.26. The zero-order valence-electron chi connectivity index (χ0n) is 15.2. The molecule has 0 radical (unpaired) electrons. The van der Waals surface area contributed by atoms with Crippen LogP contribution in [0, 0.1) is 11.7 Å². The Labute approximate surface area is 162 Å². The number of aromatic hydroxyl groups is 1. The number of hydrogen-bond donors (Lipinski definition) is 2. The van der Waals surface area contributed by atoms with Crippen LogP contribution in [0.15, 0.2) is 24.3 Å². The van der Waals surface area contributed by atoms with Crippen LogP contribution in [-0.4, -0.2) is 32.6 Å². The standard InChI is InChI=1S/C19H21FN2O5S/c20-18-15-10-14(27-8-7-12-3-1-2-4-12)6-5-13(15)9-16(23)19(18)22-11-17(24)21-28(22,25)26/h5-6,9-10,12,23H,1-4,7-8,11H2,(H,21,24). The first kappa shape index (κ1) is 18.8. The Hall–Kier alpha value is -2.55. The molecule has 2 aromatic carbocycles. The lowest BCUT2D eigenvalue weighted by Gasteiger charge is -2.18. The molecule has 2 aromatic rings. The van der Waals surface area contributed by atoms with Crippen LogP contribution in [0.25, 0.3) is 10.8 Å². The monoisotopic (exact) mass is 408 g/mol. The fraction of sp³-hybridized carbons (Fsp3) is 0.421. The summed E-state index contributed by atoms with van der Waals surface area (Å²) in [5.74, 6) is -1.12. The predicted molar refractivity (Wildman–Crippen MR) is 102 cm³/mol. The summed E-state index contributed by atoms with van der Waals surface area (Å²) in [6.07, 6.45) is 5.90. The number of carbonyl (C=O) groups is 1. The molecular formula is C19H21FN2O5S. The second-order valence-electron chi connectivity index (χ2n) is 7.27. The number of benzene rings is 2. The molecule has 4 rings (SSSR count). The molecule has 150 valence electrons. The van der Waals surface area contributed by atoms with Crippen molar-refractivity contribution in [3.63, 3.8) is 0 Å². The van der Waals surface area contributed by atoms with E-state index in [2.05, 4.69) is 0 Å². The fourth-order valence-electron chi connectivity index (χ4n) is 3.92. The van der Waals surface area contributed by atoms with Gasteiger partial charge in [-0.05, 0) is 35.9 Å². The van der Waals surface area contributed by atoms with E-state index < -0.39 is 39.9 Å². The van der Waals surface area contributed by atoms with Gasteiger partial charge in [0.15, 0.2) is 5.82 Å². The highest BCUT2D eigenvalue weighted by Gasteiger charge is 2.37. The lowest BCUT2D eigenvalue weighted by atomic mass is 10.1. The van der Waals surface area contributed by atoms with Gasteiger partial charge in [-0.3, -0.25) is 4.79 Å². The van der Waals surface area contributed by atoms with Gasteiger partial charge in [-0.25, -0.2) is 13.4 Å². The topological polar surface area (TPSA) is 95.9 Å². The molecule has 9 heteroatoms. The smallest absolute Gasteiger partial charge is 0.326 e. The first-order chi connectivity index (χ1) is 13.3. The van der Waals surface area contributed by atoms with Crippen molar-refractivity contribution in [2.45, 2.75) is 32.1 Å². The summed E-state index contributed by atoms with van der Waals surface area (Å²) < 4.78 is 47.3. The first-order valence-corrected chi connectivity index (χ1v) is 10.7. The van der Waals surface area contributed by atoms with Crippen LogP contribution >= 0.6 is 0 Å². The third kappa shape index (κ3) is 3.46. The third-order valence-electron chi connectivity index (χ3n) is 5.34. The Morgan fingerprint density at radius 1 is 1.25 bits per heavy atom. The molecule has 7 nitrogen and oxygen atoms in total. The molecule has 1 saturated heterocycles. The van der Waals surface area contributed by atoms with Crippen molar-refractivity contribution in [2.75, 3.05) is 17.5 Å². The van der Waals surface area contributed by atoms with Gasteiger partial charge in [0.05, 0.1) is 6.61 Å². The van der Waals surface area contributed by atoms with Crippen LogP contribution in [0.2, 0.25) is 0 Å². The molecule has 1 heterocycles. The summed E-state index contributed by atoms with van der Waals surface area (Å²) in [7, 11) is -4.23. The van der Waals surface area contributed by atoms with Gasteiger partial charge in [0, 0.05) is 5.39 Å². The molecule has 0 atom stereocenters. The van der Waals surface area contributed by atoms with Gasteiger partial charge in [-0.2, -0.15) is 8.42 Å². The number of amides is 1. The fourth-order valence-corrected chi connectivity index (χ4v) is 5.09. The number of halogens is 1. The Bertz CT molecular complexity index is 1030. The quantitative estimate of drug-likeness (QED) is 0.793. The second-order valence-corrected chi connectivity index (χ2v) is 8.86. The van der Waals surface area contributed by atoms with E-state index in [1.165, 1.54) is 37.8 Å². The van der Waals surface area contributed by atoms with Gasteiger partial charge in [-0.1, -0.05) is 31.7 Å². The summed E-state index contributed by atoms with van der Waals surface area (Å²) in [5.41, 5.74) is -0.547. The molecule has 1 saturated carbocycles. The molecule has 0 spiro atoms. The summed E-state index contributed by atoms with van der Waals surface area (Å²) in [5, 5.41) is 10.7. The highest BCUT2D eigenvalue weighted by atomic mass is 32.2. The van der Waals surface area contributed by atoms with Gasteiger partial charge in [-0.15, -0.1) is 0 Å². The predicted octanol–water partition coefficient (Wildman–Crippen LogP) is 2.82. The maximum Gasteiger partial charge on any atom is 0.326 e. The number of phenolic OH excluding ortho intramolecular Hbond substituents is 1. The molecule has 2 fully saturated rings. The zero-order valence-corrected chi connectivity index (χ0v) is 16.0. The number of phenols is 1. The Kier molecular flexibility index (Phi) is 4.78. The van der Waals surface area contributed by atoms with Crippen LogP contribution in [0.5, 0.6) is 11.5 Å². The number of ether oxygens (including phenoxy) is 1. The van der Waals surface area contributed by atoms with Crippen molar-refractivity contribution < 1.29 is 27.4 Å². The third-order valence-corrected chi connectivity index (χ3v) is 6.72. The second kappa shape index (κ2) is 7.12. The van der Waals surface area contributed by atoms with E-state index >= 15 is 4.39 Å². The Morgan fingerprint density at radius 3 is 2.68 bits per heavy atom. The number of nitrogens with one attached hydrogen (secondary N) is 1. The highest BCUT2D eigenvalue weighted by Crippen LogP contribution is 2.39. The van der Waals surface area contributed by atoms with Crippen LogP contribution < -0.4 is 13.8 Å². The zero-order chi connectivity index (χ0) is 19.9. The van der Waals surface area contributed by atoms with Crippen molar-refractivity contribution in [2.24, 2.45) is 5.92 Å². The summed E-state index contributed by atoms with van der Waals surface area (Å²) in [6.45, 7) is -0.0580. The lowest BCUT2D eigenvalue weighted by molar-refractivity contribution is -0.117. The normalized spacial score (nSPS) is 19.3. The van der Waals surface area contributed by atoms with E-state index in [9.17, 15) is 18.3 Å². The number of fused-ring (bicyclic) bond motifs is 1. The average molecular weight is 408 g/mol. The summed E-state index contributed by atoms with van der Waals surface area (Å²) in [4.78, 5) is 11.5. The van der Waals surface area contributed by atoms with Crippen LogP contribution in [0.4, 0.5) is 10.1 Å². The van der Waals surface area contributed by atoms with E-state index in [0.29, 0.717) is 28.0 Å². The molecule has 1 aliphatic heterocycles. The minimum Gasteiger partial charge on any atom is -0.506 e. The highest BCUT2D eigenvalue weighted by molar-refractivity contribution is 7.92. The number of rotatable bonds is 5. The van der Waals surface area contributed by atoms with E-state index in [0.717, 1.165) is 6.42 Å². The maximum absolute atomic E-state index is 15.1. The van der Waals surface area contributed by atoms with E-state index in [1.54, 1.807) is 16.9 Å². The van der Waals surface area contributed by atoms with Crippen molar-refractivity contribution in [3.05, 3.63) is 30.1 Å². The number of carbonyl (C=O) groups excluding carboxylic acids is 1. The molecule has 2 N–H and O–H groups in total. The van der Waals surface area contributed by atoms with Crippen molar-refractivity contribution in [1.82, 2.24) is 4.72 Å². The average Bonchev–Trinajstić information content (AvgIpc) is 3.23. The SMILES string of the molecule is O=C1CN(c2c(O)cc3ccc(OCCC4CCCC4)cc3c2F)S(=O)(=O)N1. The number of hydrogen-bond acceptors (Lipinski definition) is 5. The van der Waals surface area contributed by atoms with E-state index in [-0.39, 0.29) is 5.39 Å². The van der Waals surface area contributed by atoms with Crippen LogP contribution in [0.1, 0.15) is 32.1 Å². The largest absolute Gasteiger partial charge is 0.506 e. The van der Waals surface area contributed by atoms with Crippen LogP contribution in [0.3, 0.4) is 0 Å². The van der Waals surface area contributed by atoms with E-state index in [1.807, 2.05) is 0 Å². The van der Waals surface area contributed by atoms with Gasteiger partial charge in [0.25, 0.3) is 5.91 Å². The molecule has 0 bridgehead atoms. The lowest BCUT2D eigenvalue weighted by Crippen LogP contribution is -2.30. The molecule has 2 aliphatic rings. The minimum absolute atomic E-state index is 0.112. The summed E-state index contributed by atoms with van der Waals surface area (Å²) >= 11 is 0. The summed E-state index contributed by atoms with van der Waals surface area (Å²) in [6, 6.07) is 6.05. The Morgan fingerprint density at radius 2 is 2.00 bits per heavy atom. The number of anilines is 1. The Balaban J connectivity index is 1.63. The van der Waals surface area contributed by atoms with Crippen molar-refractivity contribution >= 4 is 32.6 Å². The molecule has 1 amide bonds. The molecule has 0 unspecified atom stereocenters. The number of nitrogens with zero attached hydrogens (tertiary/aromatic N) is 1. The molecule has 28 heavy (non-hydrogen) atoms. The molecule has 1 aliphatic carbocycles.